The zero-order valence-electron chi connectivity index (χ0n) is 21.7. The fourth-order valence-electron chi connectivity index (χ4n) is 3.95. The summed E-state index contributed by atoms with van der Waals surface area (Å²) in [5.74, 6) is 1.69. The van der Waals surface area contributed by atoms with Crippen molar-refractivity contribution in [3.63, 3.8) is 0 Å². The molecule has 0 saturated carbocycles. The predicted octanol–water partition coefficient (Wildman–Crippen LogP) is 7.09. The molecule has 0 aromatic heterocycles. The third-order valence-electron chi connectivity index (χ3n) is 5.87. The molecule has 0 radical (unpaired) electrons. The molecule has 0 aliphatic heterocycles. The van der Waals surface area contributed by atoms with Gasteiger partial charge in [0, 0.05) is 22.3 Å². The van der Waals surface area contributed by atoms with Gasteiger partial charge >= 0.3 is 0 Å². The lowest BCUT2D eigenvalue weighted by Gasteiger charge is -2.07. The van der Waals surface area contributed by atoms with Crippen LogP contribution in [-0.4, -0.2) is 25.8 Å². The van der Waals surface area contributed by atoms with E-state index in [1.165, 1.54) is 0 Å². The van der Waals surface area contributed by atoms with Crippen molar-refractivity contribution in [3.05, 3.63) is 129 Å². The van der Waals surface area contributed by atoms with Gasteiger partial charge in [-0.15, -0.1) is 0 Å². The first-order chi connectivity index (χ1) is 17.2. The number of hydrogen-bond acceptors (Lipinski definition) is 4. The first-order valence-electron chi connectivity index (χ1n) is 11.8. The van der Waals surface area contributed by atoms with Gasteiger partial charge in [0.2, 0.25) is 0 Å². The van der Waals surface area contributed by atoms with E-state index in [1.54, 1.807) is 26.4 Å². The summed E-state index contributed by atoms with van der Waals surface area (Å²) in [6.45, 7) is 7.84. The van der Waals surface area contributed by atoms with Gasteiger partial charge in [0.25, 0.3) is 0 Å². The van der Waals surface area contributed by atoms with Gasteiger partial charge in [0.05, 0.1) is 14.2 Å². The van der Waals surface area contributed by atoms with Crippen molar-refractivity contribution >= 4 is 11.6 Å². The van der Waals surface area contributed by atoms with Crippen molar-refractivity contribution in [1.82, 2.24) is 0 Å². The molecule has 0 aliphatic rings. The second kappa shape index (κ2) is 12.0. The molecule has 0 saturated heterocycles. The lowest BCUT2D eigenvalue weighted by Crippen LogP contribution is -2.02. The summed E-state index contributed by atoms with van der Waals surface area (Å²) in [7, 11) is 3.26. The summed E-state index contributed by atoms with van der Waals surface area (Å²) < 4.78 is 10.4. The van der Waals surface area contributed by atoms with Gasteiger partial charge in [-0.1, -0.05) is 47.5 Å². The van der Waals surface area contributed by atoms with Crippen molar-refractivity contribution in [2.45, 2.75) is 27.7 Å². The van der Waals surface area contributed by atoms with Crippen LogP contribution >= 0.6 is 0 Å². The van der Waals surface area contributed by atoms with E-state index in [-0.39, 0.29) is 11.6 Å². The Morgan fingerprint density at radius 2 is 0.861 bits per heavy atom. The van der Waals surface area contributed by atoms with Crippen LogP contribution in [0.3, 0.4) is 0 Å². The number of ether oxygens (including phenoxy) is 2. The van der Waals surface area contributed by atoms with E-state index >= 15 is 0 Å². The fraction of sp³-hybridized carbons (Fsp3) is 0.188. The molecule has 4 nitrogen and oxygen atoms in total. The van der Waals surface area contributed by atoms with Gasteiger partial charge in [-0.3, -0.25) is 9.59 Å². The highest BCUT2D eigenvalue weighted by molar-refractivity contribution is 6.09. The molecular formula is C32H32O4. The maximum atomic E-state index is 12.3. The normalized spacial score (nSPS) is 10.2. The van der Waals surface area contributed by atoms with Crippen LogP contribution in [0.25, 0.3) is 0 Å². The van der Waals surface area contributed by atoms with Crippen LogP contribution in [0.2, 0.25) is 0 Å². The van der Waals surface area contributed by atoms with Crippen LogP contribution in [0.1, 0.15) is 54.1 Å². The lowest BCUT2D eigenvalue weighted by atomic mass is 10.00. The monoisotopic (exact) mass is 480 g/mol. The number of carbonyl (C=O) groups is 2. The molecule has 0 unspecified atom stereocenters. The SMILES string of the molecule is COc1ccc(C(=O)c2cccc(C)c2)cc1C.COc1ccc(C(=O)c2cccc(C)c2)cc1C. The van der Waals surface area contributed by atoms with E-state index in [0.29, 0.717) is 11.1 Å². The smallest absolute Gasteiger partial charge is 0.193 e. The summed E-state index contributed by atoms with van der Waals surface area (Å²) in [6.07, 6.45) is 0. The Labute approximate surface area is 213 Å². The topological polar surface area (TPSA) is 52.6 Å². The molecule has 4 aromatic rings. The Hall–Kier alpha value is -4.18. The number of carbonyl (C=O) groups excluding carboxylic acids is 2. The Morgan fingerprint density at radius 3 is 1.17 bits per heavy atom. The molecule has 0 N–H and O–H groups in total. The zero-order chi connectivity index (χ0) is 26.2. The molecule has 0 amide bonds. The molecule has 0 heterocycles. The third kappa shape index (κ3) is 6.48. The van der Waals surface area contributed by atoms with Crippen LogP contribution in [-0.2, 0) is 0 Å². The van der Waals surface area contributed by atoms with Crippen molar-refractivity contribution in [1.29, 1.82) is 0 Å². The Kier molecular flexibility index (Phi) is 8.80. The van der Waals surface area contributed by atoms with Gasteiger partial charge < -0.3 is 9.47 Å². The minimum atomic E-state index is 0.0458. The predicted molar refractivity (Wildman–Crippen MR) is 145 cm³/mol. The molecule has 0 spiro atoms. The molecule has 4 heteroatoms. The second-order valence-corrected chi connectivity index (χ2v) is 8.77. The second-order valence-electron chi connectivity index (χ2n) is 8.77. The molecular weight excluding hydrogens is 448 g/mol. The maximum Gasteiger partial charge on any atom is 0.193 e. The minimum Gasteiger partial charge on any atom is -0.496 e. The van der Waals surface area contributed by atoms with Crippen molar-refractivity contribution in [3.8, 4) is 11.5 Å². The quantitative estimate of drug-likeness (QED) is 0.277. The number of ketones is 2. The summed E-state index contributed by atoms with van der Waals surface area (Å²) in [4.78, 5) is 24.6. The van der Waals surface area contributed by atoms with Crippen molar-refractivity contribution in [2.75, 3.05) is 14.2 Å². The largest absolute Gasteiger partial charge is 0.496 e. The molecule has 0 fully saturated rings. The van der Waals surface area contributed by atoms with E-state index in [0.717, 1.165) is 44.9 Å². The highest BCUT2D eigenvalue weighted by Gasteiger charge is 2.12. The van der Waals surface area contributed by atoms with Crippen LogP contribution in [0.4, 0.5) is 0 Å². The summed E-state index contributed by atoms with van der Waals surface area (Å²) in [6, 6.07) is 26.3. The average Bonchev–Trinajstić information content (AvgIpc) is 2.88. The number of hydrogen-bond donors (Lipinski definition) is 0. The molecule has 0 bridgehead atoms. The molecule has 184 valence electrons. The Morgan fingerprint density at radius 1 is 0.500 bits per heavy atom. The van der Waals surface area contributed by atoms with Crippen LogP contribution in [0.15, 0.2) is 84.9 Å². The standard InChI is InChI=1S/2C16H16O2/c2*1-11-5-4-6-13(9-11)16(17)14-7-8-15(18-3)12(2)10-14/h2*4-10H,1-3H3. The van der Waals surface area contributed by atoms with E-state index < -0.39 is 0 Å². The first kappa shape index (κ1) is 26.4. The van der Waals surface area contributed by atoms with E-state index in [1.807, 2.05) is 100 Å². The summed E-state index contributed by atoms with van der Waals surface area (Å²) in [5, 5.41) is 0. The van der Waals surface area contributed by atoms with E-state index in [4.69, 9.17) is 9.47 Å². The number of rotatable bonds is 6. The number of benzene rings is 4. The third-order valence-corrected chi connectivity index (χ3v) is 5.87. The molecule has 36 heavy (non-hydrogen) atoms. The van der Waals surface area contributed by atoms with Gasteiger partial charge in [0.15, 0.2) is 11.6 Å². The van der Waals surface area contributed by atoms with Gasteiger partial charge in [-0.25, -0.2) is 0 Å². The Balaban J connectivity index is 0.000000201. The van der Waals surface area contributed by atoms with Crippen molar-refractivity contribution < 1.29 is 19.1 Å². The first-order valence-corrected chi connectivity index (χ1v) is 11.8. The molecule has 0 atom stereocenters. The van der Waals surface area contributed by atoms with Crippen LogP contribution in [0, 0.1) is 27.7 Å². The van der Waals surface area contributed by atoms with Gasteiger partial charge in [0.1, 0.15) is 11.5 Å². The van der Waals surface area contributed by atoms with Crippen LogP contribution in [0.5, 0.6) is 11.5 Å². The molecule has 4 aromatic carbocycles. The fourth-order valence-corrected chi connectivity index (χ4v) is 3.95. The van der Waals surface area contributed by atoms with Gasteiger partial charge in [-0.2, -0.15) is 0 Å². The minimum absolute atomic E-state index is 0.0458. The number of aryl methyl sites for hydroxylation is 4. The number of methoxy groups -OCH3 is 2. The highest BCUT2D eigenvalue weighted by Crippen LogP contribution is 2.22. The zero-order valence-corrected chi connectivity index (χ0v) is 21.7. The highest BCUT2D eigenvalue weighted by atomic mass is 16.5. The average molecular weight is 481 g/mol. The summed E-state index contributed by atoms with van der Waals surface area (Å²) >= 11 is 0. The van der Waals surface area contributed by atoms with Crippen molar-refractivity contribution in [2.24, 2.45) is 0 Å². The van der Waals surface area contributed by atoms with Gasteiger partial charge in [-0.05, 0) is 87.4 Å². The van der Waals surface area contributed by atoms with Crippen LogP contribution < -0.4 is 9.47 Å². The summed E-state index contributed by atoms with van der Waals surface area (Å²) in [5.41, 5.74) is 6.95. The molecule has 0 aliphatic carbocycles. The Bertz CT molecular complexity index is 1280. The lowest BCUT2D eigenvalue weighted by molar-refractivity contribution is 0.103. The maximum absolute atomic E-state index is 12.3. The van der Waals surface area contributed by atoms with E-state index in [9.17, 15) is 9.59 Å². The molecule has 4 rings (SSSR count). The van der Waals surface area contributed by atoms with E-state index in [2.05, 4.69) is 0 Å².